The van der Waals surface area contributed by atoms with Gasteiger partial charge in [-0.15, -0.1) is 0 Å². The van der Waals surface area contributed by atoms with Crippen molar-refractivity contribution in [3.8, 4) is 44.8 Å². The van der Waals surface area contributed by atoms with E-state index < -0.39 is 6.04 Å². The Labute approximate surface area is 297 Å². The van der Waals surface area contributed by atoms with Gasteiger partial charge in [0.05, 0.1) is 28.9 Å². The normalized spacial score (nSPS) is 13.0. The Bertz CT molecular complexity index is 3100. The van der Waals surface area contributed by atoms with Crippen molar-refractivity contribution in [2.45, 2.75) is 0 Å². The van der Waals surface area contributed by atoms with Gasteiger partial charge in [-0.05, 0) is 88.0 Å². The molecule has 0 unspecified atom stereocenters. The molecule has 8 aromatic carbocycles. The minimum atomic E-state index is -0.394. The zero-order valence-corrected chi connectivity index (χ0v) is 27.0. The van der Waals surface area contributed by atoms with Gasteiger partial charge in [0.15, 0.2) is 0 Å². The van der Waals surface area contributed by atoms with Crippen LogP contribution >= 0.6 is 0 Å². The number of nitrogens with zero attached hydrogens (tertiary/aromatic N) is 2. The molecule has 10 rings (SSSR count). The van der Waals surface area contributed by atoms with Crippen molar-refractivity contribution in [2.75, 3.05) is 0 Å². The van der Waals surface area contributed by atoms with Crippen LogP contribution in [-0.4, -0.2) is 9.13 Å². The molecule has 10 aromatic rings. The molecule has 0 amide bonds. The Balaban J connectivity index is 1.13. The summed E-state index contributed by atoms with van der Waals surface area (Å²) in [6.45, 7) is 0. The molecule has 0 saturated carbocycles. The molecule has 0 spiro atoms. The summed E-state index contributed by atoms with van der Waals surface area (Å²) in [5.41, 5.74) is 11.8. The Morgan fingerprint density at radius 2 is 0.760 bits per heavy atom. The van der Waals surface area contributed by atoms with Gasteiger partial charge in [-0.3, -0.25) is 0 Å². The number of benzene rings is 8. The first-order chi connectivity index (χ1) is 26.9. The van der Waals surface area contributed by atoms with E-state index in [0.29, 0.717) is 5.56 Å². The second kappa shape index (κ2) is 11.5. The quantitative estimate of drug-likeness (QED) is 0.177. The third kappa shape index (κ3) is 4.57. The van der Waals surface area contributed by atoms with Crippen LogP contribution in [0.15, 0.2) is 194 Å². The molecule has 0 saturated heterocycles. The molecule has 0 radical (unpaired) electrons. The fraction of sp³-hybridized carbons (Fsp3) is 0. The molecular formula is C48H32N2. The predicted octanol–water partition coefficient (Wildman–Crippen LogP) is 12.9. The Kier molecular flexibility index (Phi) is 5.44. The van der Waals surface area contributed by atoms with Crippen LogP contribution in [0.4, 0.5) is 0 Å². The van der Waals surface area contributed by atoms with Crippen molar-refractivity contribution < 1.29 is 6.85 Å². The molecule has 0 aliphatic carbocycles. The molecule has 2 aromatic heterocycles. The lowest BCUT2D eigenvalue weighted by molar-refractivity contribution is 1.16. The fourth-order valence-electron chi connectivity index (χ4n) is 7.47. The van der Waals surface area contributed by atoms with Crippen LogP contribution in [0.2, 0.25) is 0 Å². The number of para-hydroxylation sites is 2. The highest BCUT2D eigenvalue weighted by atomic mass is 15.0. The summed E-state index contributed by atoms with van der Waals surface area (Å²) in [5, 5.41) is 4.61. The summed E-state index contributed by atoms with van der Waals surface area (Å²) in [6, 6.07) is 55.6. The predicted molar refractivity (Wildman–Crippen MR) is 211 cm³/mol. The van der Waals surface area contributed by atoms with Gasteiger partial charge in [0.2, 0.25) is 0 Å². The van der Waals surface area contributed by atoms with Crippen LogP contribution in [0.25, 0.3) is 88.4 Å². The molecule has 50 heavy (non-hydrogen) atoms. The molecular weight excluding hydrogens is 605 g/mol. The van der Waals surface area contributed by atoms with Crippen molar-refractivity contribution in [1.82, 2.24) is 9.13 Å². The van der Waals surface area contributed by atoms with Crippen molar-refractivity contribution in [2.24, 2.45) is 0 Å². The first-order valence-electron chi connectivity index (χ1n) is 19.3. The van der Waals surface area contributed by atoms with Crippen molar-refractivity contribution in [1.29, 1.82) is 0 Å². The van der Waals surface area contributed by atoms with E-state index >= 15 is 0 Å². The average molecular weight is 642 g/mol. The van der Waals surface area contributed by atoms with E-state index in [1.807, 2.05) is 36.4 Å². The largest absolute Gasteiger partial charge is 0.309 e. The maximum atomic E-state index is 8.51. The molecule has 0 bridgehead atoms. The van der Waals surface area contributed by atoms with Gasteiger partial charge in [-0.25, -0.2) is 0 Å². The maximum absolute atomic E-state index is 8.51. The summed E-state index contributed by atoms with van der Waals surface area (Å²) in [7, 11) is 0. The molecule has 0 aliphatic heterocycles. The Hall–Kier alpha value is -6.64. The van der Waals surface area contributed by atoms with Crippen LogP contribution in [0, 0.1) is 0 Å². The lowest BCUT2D eigenvalue weighted by Crippen LogP contribution is -1.96. The first-order valence-corrected chi connectivity index (χ1v) is 16.8. The third-order valence-electron chi connectivity index (χ3n) is 9.81. The Morgan fingerprint density at radius 3 is 1.32 bits per heavy atom. The minimum Gasteiger partial charge on any atom is -0.309 e. The van der Waals surface area contributed by atoms with E-state index in [1.54, 1.807) is 0 Å². The molecule has 2 heteroatoms. The van der Waals surface area contributed by atoms with Gasteiger partial charge in [0, 0.05) is 32.9 Å². The second-order valence-electron chi connectivity index (χ2n) is 12.6. The average Bonchev–Trinajstić information content (AvgIpc) is 3.74. The van der Waals surface area contributed by atoms with Gasteiger partial charge in [0.1, 0.15) is 0 Å². The second-order valence-corrected chi connectivity index (χ2v) is 12.6. The van der Waals surface area contributed by atoms with Crippen molar-refractivity contribution in [3.63, 3.8) is 0 Å². The van der Waals surface area contributed by atoms with Gasteiger partial charge in [-0.2, -0.15) is 0 Å². The van der Waals surface area contributed by atoms with E-state index in [-0.39, 0.29) is 29.7 Å². The molecule has 234 valence electrons. The summed E-state index contributed by atoms with van der Waals surface area (Å²) < 4.78 is 46.0. The lowest BCUT2D eigenvalue weighted by atomic mass is 9.99. The minimum absolute atomic E-state index is 0.195. The zero-order valence-electron chi connectivity index (χ0n) is 32.0. The van der Waals surface area contributed by atoms with E-state index in [0.717, 1.165) is 49.8 Å². The van der Waals surface area contributed by atoms with Crippen LogP contribution < -0.4 is 0 Å². The summed E-state index contributed by atoms with van der Waals surface area (Å²) in [6.07, 6.45) is 0. The van der Waals surface area contributed by atoms with Crippen LogP contribution in [-0.2, 0) is 0 Å². The van der Waals surface area contributed by atoms with E-state index in [1.165, 1.54) is 27.5 Å². The van der Waals surface area contributed by atoms with E-state index in [4.69, 9.17) is 6.85 Å². The zero-order chi connectivity index (χ0) is 37.4. The molecule has 2 nitrogen and oxygen atoms in total. The van der Waals surface area contributed by atoms with Gasteiger partial charge < -0.3 is 9.13 Å². The van der Waals surface area contributed by atoms with E-state index in [2.05, 4.69) is 137 Å². The monoisotopic (exact) mass is 641 g/mol. The SMILES string of the molecule is [2H]c1c([2H])c([2H])c(-c2ccc(-n3c4ccccc4c4cc5c6ccccc6n(-c6ccc(-c7cccc(-c8ccccc8)c7)cc6)c5cc43)cc2)c([2H])c1[2H]. The van der Waals surface area contributed by atoms with E-state index in [9.17, 15) is 0 Å². The number of hydrogen-bond donors (Lipinski definition) is 0. The van der Waals surface area contributed by atoms with Crippen LogP contribution in [0.5, 0.6) is 0 Å². The highest BCUT2D eigenvalue weighted by Gasteiger charge is 2.18. The maximum Gasteiger partial charge on any atom is 0.0629 e. The standard InChI is InChI=1S/C48H32N2/c1-3-12-33(13-4-1)35-22-26-39(27-23-35)49-45-20-9-7-18-41(45)43-31-44-42-19-8-10-21-46(42)50(48(44)32-47(43)49)40-28-24-36(25-29-40)38-17-11-16-37(30-38)34-14-5-2-6-15-34/h1-32H/i1D,3D,4D,12D,13D. The topological polar surface area (TPSA) is 9.86 Å². The molecule has 0 N–H and O–H groups in total. The summed E-state index contributed by atoms with van der Waals surface area (Å²) in [5.74, 6) is 0. The number of fused-ring (bicyclic) bond motifs is 6. The number of hydrogen-bond acceptors (Lipinski definition) is 0. The van der Waals surface area contributed by atoms with Crippen molar-refractivity contribution >= 4 is 43.6 Å². The van der Waals surface area contributed by atoms with Gasteiger partial charge in [-0.1, -0.05) is 139 Å². The Morgan fingerprint density at radius 1 is 0.300 bits per heavy atom. The molecule has 2 heterocycles. The summed E-state index contributed by atoms with van der Waals surface area (Å²) in [4.78, 5) is 0. The molecule has 0 atom stereocenters. The highest BCUT2D eigenvalue weighted by molar-refractivity contribution is 6.19. The van der Waals surface area contributed by atoms with Crippen molar-refractivity contribution in [3.05, 3.63) is 194 Å². The lowest BCUT2D eigenvalue weighted by Gasteiger charge is -2.12. The highest BCUT2D eigenvalue weighted by Crippen LogP contribution is 2.40. The van der Waals surface area contributed by atoms with Crippen LogP contribution in [0.1, 0.15) is 6.85 Å². The number of aromatic nitrogens is 2. The van der Waals surface area contributed by atoms with Crippen LogP contribution in [0.3, 0.4) is 0 Å². The van der Waals surface area contributed by atoms with Gasteiger partial charge >= 0.3 is 0 Å². The fourth-order valence-corrected chi connectivity index (χ4v) is 7.47. The molecule has 0 aliphatic rings. The summed E-state index contributed by atoms with van der Waals surface area (Å²) >= 11 is 0. The first kappa shape index (κ1) is 23.6. The molecule has 0 fully saturated rings. The number of rotatable bonds is 5. The third-order valence-corrected chi connectivity index (χ3v) is 9.81. The van der Waals surface area contributed by atoms with Gasteiger partial charge in [0.25, 0.3) is 0 Å². The smallest absolute Gasteiger partial charge is 0.0629 e.